The van der Waals surface area contributed by atoms with Crippen LogP contribution in [-0.4, -0.2) is 20.7 Å². The Bertz CT molecular complexity index is 540. The number of likely N-dealkylation sites (N-methyl/N-ethyl adjacent to an activating group) is 1. The maximum Gasteiger partial charge on any atom is 0.142 e. The third-order valence-corrected chi connectivity index (χ3v) is 3.27. The number of methoxy groups -OCH3 is 1. The molecule has 2 aromatic carbocycles. The molecule has 0 aliphatic rings. The first-order valence-corrected chi connectivity index (χ1v) is 6.40. The highest BCUT2D eigenvalue weighted by molar-refractivity contribution is 5.58. The second-order valence-electron chi connectivity index (χ2n) is 4.54. The van der Waals surface area contributed by atoms with Crippen molar-refractivity contribution in [3.05, 3.63) is 54.1 Å². The number of ether oxygens (including phenoxy) is 1. The van der Waals surface area contributed by atoms with Gasteiger partial charge < -0.3 is 15.4 Å². The van der Waals surface area contributed by atoms with E-state index in [-0.39, 0.29) is 0 Å². The lowest BCUT2D eigenvalue weighted by Crippen LogP contribution is -2.21. The third kappa shape index (κ3) is 3.19. The average Bonchev–Trinajstić information content (AvgIpc) is 2.46. The monoisotopic (exact) mass is 256 g/mol. The minimum atomic E-state index is 0.857. The molecule has 0 bridgehead atoms. The predicted molar refractivity (Wildman–Crippen MR) is 80.8 cm³/mol. The van der Waals surface area contributed by atoms with E-state index in [4.69, 9.17) is 10.5 Å². The number of nitrogens with two attached hydrogens (primary N) is 1. The molecule has 0 saturated heterocycles. The van der Waals surface area contributed by atoms with E-state index in [0.29, 0.717) is 0 Å². The van der Waals surface area contributed by atoms with Crippen molar-refractivity contribution in [2.24, 2.45) is 0 Å². The lowest BCUT2D eigenvalue weighted by atomic mass is 10.1. The normalized spacial score (nSPS) is 10.2. The molecular weight excluding hydrogens is 236 g/mol. The smallest absolute Gasteiger partial charge is 0.142 e. The molecule has 0 radical (unpaired) electrons. The van der Waals surface area contributed by atoms with Gasteiger partial charge in [-0.2, -0.15) is 0 Å². The quantitative estimate of drug-likeness (QED) is 0.836. The second-order valence-corrected chi connectivity index (χ2v) is 4.54. The zero-order chi connectivity index (χ0) is 13.7. The lowest BCUT2D eigenvalue weighted by Gasteiger charge is -2.22. The summed E-state index contributed by atoms with van der Waals surface area (Å²) in [6, 6.07) is 16.0. The SMILES string of the molecule is COc1ccccc1N(C)CCc1ccccc1N. The number of anilines is 2. The molecular formula is C16H20N2O. The molecule has 2 N–H and O–H groups in total. The van der Waals surface area contributed by atoms with E-state index in [2.05, 4.69) is 24.1 Å². The maximum absolute atomic E-state index is 5.96. The van der Waals surface area contributed by atoms with E-state index < -0.39 is 0 Å². The highest BCUT2D eigenvalue weighted by atomic mass is 16.5. The molecule has 3 nitrogen and oxygen atoms in total. The van der Waals surface area contributed by atoms with Gasteiger partial charge in [0.1, 0.15) is 5.75 Å². The molecule has 0 fully saturated rings. The number of rotatable bonds is 5. The summed E-state index contributed by atoms with van der Waals surface area (Å²) in [6.07, 6.45) is 0.918. The number of benzene rings is 2. The minimum absolute atomic E-state index is 0.857. The summed E-state index contributed by atoms with van der Waals surface area (Å²) in [4.78, 5) is 2.19. The minimum Gasteiger partial charge on any atom is -0.495 e. The summed E-state index contributed by atoms with van der Waals surface area (Å²) in [5.74, 6) is 0.894. The predicted octanol–water partition coefficient (Wildman–Crippen LogP) is 2.96. The van der Waals surface area contributed by atoms with Crippen LogP contribution in [-0.2, 0) is 6.42 Å². The van der Waals surface area contributed by atoms with Gasteiger partial charge in [0.05, 0.1) is 12.8 Å². The molecule has 0 aliphatic carbocycles. The fraction of sp³-hybridized carbons (Fsp3) is 0.250. The maximum atomic E-state index is 5.96. The molecule has 0 aliphatic heterocycles. The van der Waals surface area contributed by atoms with Gasteiger partial charge >= 0.3 is 0 Å². The van der Waals surface area contributed by atoms with Crippen molar-refractivity contribution in [2.45, 2.75) is 6.42 Å². The number of nitrogens with zero attached hydrogens (tertiary/aromatic N) is 1. The molecule has 0 aromatic heterocycles. The van der Waals surface area contributed by atoms with Crippen molar-refractivity contribution in [1.82, 2.24) is 0 Å². The summed E-state index contributed by atoms with van der Waals surface area (Å²) in [7, 11) is 3.76. The molecule has 19 heavy (non-hydrogen) atoms. The Hall–Kier alpha value is -2.16. The molecule has 0 saturated carbocycles. The fourth-order valence-corrected chi connectivity index (χ4v) is 2.12. The fourth-order valence-electron chi connectivity index (χ4n) is 2.12. The van der Waals surface area contributed by atoms with Crippen LogP contribution in [0.15, 0.2) is 48.5 Å². The standard InChI is InChI=1S/C16H20N2O/c1-18(15-9-5-6-10-16(15)19-2)12-11-13-7-3-4-8-14(13)17/h3-10H,11-12,17H2,1-2H3. The molecule has 0 unspecified atom stereocenters. The molecule has 100 valence electrons. The lowest BCUT2D eigenvalue weighted by molar-refractivity contribution is 0.415. The van der Waals surface area contributed by atoms with Gasteiger partial charge in [-0.05, 0) is 30.2 Å². The Morgan fingerprint density at radius 1 is 1.05 bits per heavy atom. The van der Waals surface area contributed by atoms with E-state index in [0.717, 1.165) is 30.1 Å². The third-order valence-electron chi connectivity index (χ3n) is 3.27. The Morgan fingerprint density at radius 2 is 1.74 bits per heavy atom. The van der Waals surface area contributed by atoms with Crippen molar-refractivity contribution in [3.8, 4) is 5.75 Å². The molecule has 0 atom stereocenters. The summed E-state index contributed by atoms with van der Waals surface area (Å²) < 4.78 is 5.38. The highest BCUT2D eigenvalue weighted by Gasteiger charge is 2.07. The molecule has 2 rings (SSSR count). The van der Waals surface area contributed by atoms with E-state index >= 15 is 0 Å². The first-order valence-electron chi connectivity index (χ1n) is 6.40. The molecule has 0 spiro atoms. The molecule has 0 amide bonds. The van der Waals surface area contributed by atoms with Gasteiger partial charge in [0, 0.05) is 19.3 Å². The van der Waals surface area contributed by atoms with Gasteiger partial charge in [-0.15, -0.1) is 0 Å². The summed E-state index contributed by atoms with van der Waals surface area (Å²) >= 11 is 0. The van der Waals surface area contributed by atoms with Crippen LogP contribution in [0.1, 0.15) is 5.56 Å². The van der Waals surface area contributed by atoms with E-state index in [1.807, 2.05) is 36.4 Å². The number of hydrogen-bond acceptors (Lipinski definition) is 3. The van der Waals surface area contributed by atoms with E-state index in [1.165, 1.54) is 5.56 Å². The molecule has 0 heterocycles. The van der Waals surface area contributed by atoms with E-state index in [9.17, 15) is 0 Å². The summed E-state index contributed by atoms with van der Waals surface area (Å²) in [5, 5.41) is 0. The van der Waals surface area contributed by atoms with Crippen molar-refractivity contribution < 1.29 is 4.74 Å². The number of para-hydroxylation sites is 3. The molecule has 3 heteroatoms. The van der Waals surface area contributed by atoms with Crippen molar-refractivity contribution >= 4 is 11.4 Å². The van der Waals surface area contributed by atoms with Crippen LogP contribution in [0.2, 0.25) is 0 Å². The number of hydrogen-bond donors (Lipinski definition) is 1. The second kappa shape index (κ2) is 6.14. The first kappa shape index (κ1) is 13.3. The van der Waals surface area contributed by atoms with Crippen LogP contribution in [0.5, 0.6) is 5.75 Å². The van der Waals surface area contributed by atoms with Crippen LogP contribution in [0.4, 0.5) is 11.4 Å². The van der Waals surface area contributed by atoms with Gasteiger partial charge in [-0.25, -0.2) is 0 Å². The zero-order valence-corrected chi connectivity index (χ0v) is 11.5. The largest absolute Gasteiger partial charge is 0.495 e. The van der Waals surface area contributed by atoms with Gasteiger partial charge in [-0.1, -0.05) is 30.3 Å². The van der Waals surface area contributed by atoms with Crippen molar-refractivity contribution in [2.75, 3.05) is 31.3 Å². The Kier molecular flexibility index (Phi) is 4.29. The topological polar surface area (TPSA) is 38.5 Å². The first-order chi connectivity index (χ1) is 9.22. The Morgan fingerprint density at radius 3 is 2.47 bits per heavy atom. The summed E-state index contributed by atoms with van der Waals surface area (Å²) in [5.41, 5.74) is 9.10. The van der Waals surface area contributed by atoms with Crippen molar-refractivity contribution in [1.29, 1.82) is 0 Å². The van der Waals surface area contributed by atoms with E-state index in [1.54, 1.807) is 7.11 Å². The van der Waals surface area contributed by atoms with Gasteiger partial charge in [0.25, 0.3) is 0 Å². The van der Waals surface area contributed by atoms with Gasteiger partial charge in [0.2, 0.25) is 0 Å². The van der Waals surface area contributed by atoms with Crippen LogP contribution in [0.25, 0.3) is 0 Å². The average molecular weight is 256 g/mol. The number of nitrogen functional groups attached to an aromatic ring is 1. The van der Waals surface area contributed by atoms with Gasteiger partial charge in [-0.3, -0.25) is 0 Å². The Labute approximate surface area is 114 Å². The van der Waals surface area contributed by atoms with Gasteiger partial charge in [0.15, 0.2) is 0 Å². The highest BCUT2D eigenvalue weighted by Crippen LogP contribution is 2.26. The summed E-state index contributed by atoms with van der Waals surface area (Å²) in [6.45, 7) is 0.897. The Balaban J connectivity index is 2.05. The van der Waals surface area contributed by atoms with Crippen molar-refractivity contribution in [3.63, 3.8) is 0 Å². The van der Waals surface area contributed by atoms with Crippen LogP contribution in [0.3, 0.4) is 0 Å². The molecule has 2 aromatic rings. The van der Waals surface area contributed by atoms with Crippen LogP contribution < -0.4 is 15.4 Å². The van der Waals surface area contributed by atoms with Crippen LogP contribution >= 0.6 is 0 Å². The van der Waals surface area contributed by atoms with Crippen LogP contribution in [0, 0.1) is 0 Å². The zero-order valence-electron chi connectivity index (χ0n) is 11.5.